The van der Waals surface area contributed by atoms with E-state index in [0.29, 0.717) is 37.6 Å². The van der Waals surface area contributed by atoms with Crippen LogP contribution in [0.1, 0.15) is 25.3 Å². The molecular weight excluding hydrogens is 396 g/mol. The summed E-state index contributed by atoms with van der Waals surface area (Å²) < 4.78 is 16.1. The Morgan fingerprint density at radius 2 is 1.84 bits per heavy atom. The SMILES string of the molecule is CCCOc1ccc(N2C[C@H](C(=O)NCCc3ccc(OC)c(OC)c3)CC2=O)cc1. The number of methoxy groups -OCH3 is 2. The number of nitrogens with zero attached hydrogens (tertiary/aromatic N) is 1. The third kappa shape index (κ3) is 5.69. The van der Waals surface area contributed by atoms with Crippen molar-refractivity contribution in [1.29, 1.82) is 0 Å². The summed E-state index contributed by atoms with van der Waals surface area (Å²) in [6.45, 7) is 3.59. The Hall–Kier alpha value is -3.22. The lowest BCUT2D eigenvalue weighted by molar-refractivity contribution is -0.126. The Balaban J connectivity index is 1.51. The van der Waals surface area contributed by atoms with Crippen LogP contribution in [0.15, 0.2) is 42.5 Å². The maximum Gasteiger partial charge on any atom is 0.227 e. The molecule has 7 heteroatoms. The molecule has 1 N–H and O–H groups in total. The second-order valence-corrected chi connectivity index (χ2v) is 7.48. The minimum Gasteiger partial charge on any atom is -0.494 e. The van der Waals surface area contributed by atoms with Crippen LogP contribution in [0.2, 0.25) is 0 Å². The van der Waals surface area contributed by atoms with Crippen molar-refractivity contribution in [2.24, 2.45) is 5.92 Å². The van der Waals surface area contributed by atoms with Gasteiger partial charge in [0.2, 0.25) is 11.8 Å². The van der Waals surface area contributed by atoms with Crippen molar-refractivity contribution in [2.45, 2.75) is 26.2 Å². The van der Waals surface area contributed by atoms with Gasteiger partial charge in [-0.25, -0.2) is 0 Å². The molecule has 1 saturated heterocycles. The quantitative estimate of drug-likeness (QED) is 0.631. The first-order valence-corrected chi connectivity index (χ1v) is 10.6. The summed E-state index contributed by atoms with van der Waals surface area (Å²) in [5.41, 5.74) is 1.82. The second kappa shape index (κ2) is 10.7. The first-order chi connectivity index (χ1) is 15.0. The standard InChI is InChI=1S/C24H30N2O5/c1-4-13-31-20-8-6-19(7-9-20)26-16-18(15-23(26)27)24(28)25-12-11-17-5-10-21(29-2)22(14-17)30-3/h5-10,14,18H,4,11-13,15-16H2,1-3H3,(H,25,28)/t18-/m1/s1. The number of amides is 2. The molecule has 2 amide bonds. The predicted molar refractivity (Wildman–Crippen MR) is 119 cm³/mol. The molecule has 3 rings (SSSR count). The van der Waals surface area contributed by atoms with E-state index in [2.05, 4.69) is 12.2 Å². The topological polar surface area (TPSA) is 77.1 Å². The van der Waals surface area contributed by atoms with Crippen molar-refractivity contribution in [3.8, 4) is 17.2 Å². The van der Waals surface area contributed by atoms with Gasteiger partial charge in [0, 0.05) is 25.2 Å². The van der Waals surface area contributed by atoms with E-state index >= 15 is 0 Å². The van der Waals surface area contributed by atoms with Crippen LogP contribution < -0.4 is 24.4 Å². The van der Waals surface area contributed by atoms with Crippen LogP contribution in [0.4, 0.5) is 5.69 Å². The second-order valence-electron chi connectivity index (χ2n) is 7.48. The van der Waals surface area contributed by atoms with Gasteiger partial charge in [-0.3, -0.25) is 9.59 Å². The highest BCUT2D eigenvalue weighted by atomic mass is 16.5. The number of hydrogen-bond acceptors (Lipinski definition) is 5. The molecule has 166 valence electrons. The molecule has 31 heavy (non-hydrogen) atoms. The van der Waals surface area contributed by atoms with Gasteiger partial charge in [0.1, 0.15) is 5.75 Å². The van der Waals surface area contributed by atoms with Gasteiger partial charge in [0.15, 0.2) is 11.5 Å². The van der Waals surface area contributed by atoms with Gasteiger partial charge in [0.05, 0.1) is 26.7 Å². The van der Waals surface area contributed by atoms with Gasteiger partial charge >= 0.3 is 0 Å². The van der Waals surface area contributed by atoms with Gasteiger partial charge in [-0.2, -0.15) is 0 Å². The van der Waals surface area contributed by atoms with Crippen LogP contribution in [-0.4, -0.2) is 45.7 Å². The molecule has 2 aromatic carbocycles. The van der Waals surface area contributed by atoms with Crippen molar-refractivity contribution in [1.82, 2.24) is 5.32 Å². The van der Waals surface area contributed by atoms with Crippen LogP contribution in [0.3, 0.4) is 0 Å². The number of carbonyl (C=O) groups excluding carboxylic acids is 2. The minimum absolute atomic E-state index is 0.0396. The molecule has 1 heterocycles. The van der Waals surface area contributed by atoms with E-state index in [9.17, 15) is 9.59 Å². The van der Waals surface area contributed by atoms with E-state index in [0.717, 1.165) is 23.4 Å². The Bertz CT molecular complexity index is 897. The molecule has 2 aromatic rings. The summed E-state index contributed by atoms with van der Waals surface area (Å²) in [4.78, 5) is 26.7. The normalized spacial score (nSPS) is 15.6. The van der Waals surface area contributed by atoms with Gasteiger partial charge in [-0.1, -0.05) is 13.0 Å². The van der Waals surface area contributed by atoms with E-state index in [-0.39, 0.29) is 24.2 Å². The molecule has 1 aliphatic heterocycles. The van der Waals surface area contributed by atoms with Gasteiger partial charge < -0.3 is 24.4 Å². The third-order valence-electron chi connectivity index (χ3n) is 5.28. The van der Waals surface area contributed by atoms with Crippen molar-refractivity contribution < 1.29 is 23.8 Å². The minimum atomic E-state index is -0.353. The maximum atomic E-state index is 12.6. The number of ether oxygens (including phenoxy) is 3. The Morgan fingerprint density at radius 1 is 1.10 bits per heavy atom. The van der Waals surface area contributed by atoms with Crippen molar-refractivity contribution in [3.05, 3.63) is 48.0 Å². The zero-order valence-electron chi connectivity index (χ0n) is 18.3. The maximum absolute atomic E-state index is 12.6. The summed E-state index contributed by atoms with van der Waals surface area (Å²) in [5, 5.41) is 2.95. The molecule has 0 radical (unpaired) electrons. The lowest BCUT2D eigenvalue weighted by Gasteiger charge is -2.17. The lowest BCUT2D eigenvalue weighted by atomic mass is 10.1. The van der Waals surface area contributed by atoms with E-state index in [4.69, 9.17) is 14.2 Å². The summed E-state index contributed by atoms with van der Waals surface area (Å²) in [6, 6.07) is 13.1. The number of rotatable bonds is 10. The fourth-order valence-corrected chi connectivity index (χ4v) is 3.59. The molecule has 0 unspecified atom stereocenters. The fraction of sp³-hybridized carbons (Fsp3) is 0.417. The van der Waals surface area contributed by atoms with Crippen LogP contribution in [0, 0.1) is 5.92 Å². The highest BCUT2D eigenvalue weighted by Crippen LogP contribution is 2.28. The Kier molecular flexibility index (Phi) is 7.76. The van der Waals surface area contributed by atoms with E-state index in [1.54, 1.807) is 19.1 Å². The monoisotopic (exact) mass is 426 g/mol. The molecule has 1 aliphatic rings. The molecule has 7 nitrogen and oxygen atoms in total. The van der Waals surface area contributed by atoms with E-state index in [1.807, 2.05) is 42.5 Å². The molecule has 0 spiro atoms. The smallest absolute Gasteiger partial charge is 0.227 e. The largest absolute Gasteiger partial charge is 0.494 e. The lowest BCUT2D eigenvalue weighted by Crippen LogP contribution is -2.34. The Labute approximate surface area is 183 Å². The van der Waals surface area contributed by atoms with Crippen LogP contribution >= 0.6 is 0 Å². The molecular formula is C24H30N2O5. The highest BCUT2D eigenvalue weighted by Gasteiger charge is 2.34. The number of carbonyl (C=O) groups is 2. The number of benzene rings is 2. The summed E-state index contributed by atoms with van der Waals surface area (Å²) in [6.07, 6.45) is 1.82. The summed E-state index contributed by atoms with van der Waals surface area (Å²) >= 11 is 0. The number of nitrogens with one attached hydrogen (secondary N) is 1. The first kappa shape index (κ1) is 22.5. The van der Waals surface area contributed by atoms with Crippen molar-refractivity contribution >= 4 is 17.5 Å². The van der Waals surface area contributed by atoms with Gasteiger partial charge in [-0.15, -0.1) is 0 Å². The number of hydrogen-bond donors (Lipinski definition) is 1. The molecule has 0 saturated carbocycles. The molecule has 0 aliphatic carbocycles. The third-order valence-corrected chi connectivity index (χ3v) is 5.28. The molecule has 0 aromatic heterocycles. The first-order valence-electron chi connectivity index (χ1n) is 10.6. The van der Waals surface area contributed by atoms with E-state index < -0.39 is 0 Å². The molecule has 1 atom stereocenters. The van der Waals surface area contributed by atoms with Crippen LogP contribution in [0.5, 0.6) is 17.2 Å². The number of anilines is 1. The average Bonchev–Trinajstić information content (AvgIpc) is 3.19. The highest BCUT2D eigenvalue weighted by molar-refractivity contribution is 6.00. The summed E-state index contributed by atoms with van der Waals surface area (Å²) in [7, 11) is 3.19. The molecule has 0 bridgehead atoms. The van der Waals surface area contributed by atoms with Gasteiger partial charge in [-0.05, 0) is 54.8 Å². The fourth-order valence-electron chi connectivity index (χ4n) is 3.59. The van der Waals surface area contributed by atoms with Crippen LogP contribution in [-0.2, 0) is 16.0 Å². The average molecular weight is 427 g/mol. The predicted octanol–water partition coefficient (Wildman–Crippen LogP) is 3.20. The Morgan fingerprint density at radius 3 is 2.52 bits per heavy atom. The van der Waals surface area contributed by atoms with Crippen molar-refractivity contribution in [3.63, 3.8) is 0 Å². The van der Waals surface area contributed by atoms with Gasteiger partial charge in [0.25, 0.3) is 0 Å². The van der Waals surface area contributed by atoms with Crippen molar-refractivity contribution in [2.75, 3.05) is 38.8 Å². The van der Waals surface area contributed by atoms with E-state index in [1.165, 1.54) is 0 Å². The zero-order valence-corrected chi connectivity index (χ0v) is 18.3. The summed E-state index contributed by atoms with van der Waals surface area (Å²) in [5.74, 6) is 1.62. The van der Waals surface area contributed by atoms with Crippen LogP contribution in [0.25, 0.3) is 0 Å². The zero-order chi connectivity index (χ0) is 22.2. The molecule has 1 fully saturated rings.